The third-order valence-corrected chi connectivity index (χ3v) is 0.446. The molecule has 0 heterocycles. The van der Waals surface area contributed by atoms with Gasteiger partial charge < -0.3 is 0 Å². The molecule has 1 radical (unpaired) electrons. The number of halogens is 3. The average molecular weight is 125 g/mol. The van der Waals surface area contributed by atoms with Crippen LogP contribution < -0.4 is 0 Å². The fourth-order valence-electron chi connectivity index (χ4n) is 0.182. The monoisotopic (exact) mass is 125 g/mol. The number of hydrogen-bond acceptors (Lipinski definition) is 0. The number of alkyl halides is 3. The molecular weight excluding hydrogens is 121 g/mol. The first-order valence-corrected chi connectivity index (χ1v) is 1.90. The molecule has 0 saturated heterocycles. The maximum Gasteiger partial charge on any atom is 0.392 e. The van der Waals surface area contributed by atoms with E-state index in [1.54, 1.807) is 0 Å². The Kier molecular flexibility index (Phi) is 2.37. The quantitative estimate of drug-likeness (QED) is 0.477. The number of hydrogen-bond donors (Lipinski definition) is 0. The summed E-state index contributed by atoms with van der Waals surface area (Å²) in [6, 6.07) is 0. The van der Waals surface area contributed by atoms with Gasteiger partial charge in [-0.05, 0) is 6.08 Å². The molecule has 0 aliphatic rings. The minimum Gasteiger partial charge on any atom is -0.299 e. The highest BCUT2D eigenvalue weighted by molar-refractivity contribution is 4.74. The van der Waals surface area contributed by atoms with Crippen molar-refractivity contribution < 1.29 is 18.3 Å². The maximum atomic E-state index is 11.1. The lowest BCUT2D eigenvalue weighted by Gasteiger charge is -1.97. The SMILES string of the molecule is [O]C=CCC(F)(F)F. The zero-order valence-electron chi connectivity index (χ0n) is 3.90. The molecule has 0 N–H and O–H groups in total. The van der Waals surface area contributed by atoms with Crippen molar-refractivity contribution in [2.24, 2.45) is 0 Å². The van der Waals surface area contributed by atoms with Crippen molar-refractivity contribution in [1.82, 2.24) is 0 Å². The van der Waals surface area contributed by atoms with E-state index in [-0.39, 0.29) is 6.26 Å². The highest BCUT2D eigenvalue weighted by atomic mass is 19.4. The Labute approximate surface area is 44.4 Å². The molecule has 0 bridgehead atoms. The van der Waals surface area contributed by atoms with Gasteiger partial charge in [0.15, 0.2) is 0 Å². The Balaban J connectivity index is 3.39. The summed E-state index contributed by atoms with van der Waals surface area (Å²) in [6.45, 7) is 0. The van der Waals surface area contributed by atoms with E-state index in [9.17, 15) is 18.3 Å². The van der Waals surface area contributed by atoms with E-state index in [1.165, 1.54) is 0 Å². The fourth-order valence-corrected chi connectivity index (χ4v) is 0.182. The van der Waals surface area contributed by atoms with Crippen LogP contribution in [0.1, 0.15) is 6.42 Å². The third-order valence-electron chi connectivity index (χ3n) is 0.446. The predicted molar refractivity (Wildman–Crippen MR) is 20.5 cm³/mol. The molecule has 4 heteroatoms. The lowest BCUT2D eigenvalue weighted by Crippen LogP contribution is -2.03. The second kappa shape index (κ2) is 2.59. The van der Waals surface area contributed by atoms with Gasteiger partial charge >= 0.3 is 6.18 Å². The van der Waals surface area contributed by atoms with Gasteiger partial charge in [0.05, 0.1) is 6.42 Å². The van der Waals surface area contributed by atoms with Crippen molar-refractivity contribution in [1.29, 1.82) is 0 Å². The Bertz CT molecular complexity index is 83.8. The van der Waals surface area contributed by atoms with Crippen molar-refractivity contribution in [3.8, 4) is 0 Å². The normalized spacial score (nSPS) is 12.9. The van der Waals surface area contributed by atoms with E-state index in [1.807, 2.05) is 0 Å². The van der Waals surface area contributed by atoms with Gasteiger partial charge in [0, 0.05) is 0 Å². The Hall–Kier alpha value is -0.670. The highest BCUT2D eigenvalue weighted by Gasteiger charge is 2.24. The molecule has 8 heavy (non-hydrogen) atoms. The van der Waals surface area contributed by atoms with E-state index in [4.69, 9.17) is 0 Å². The molecule has 0 atom stereocenters. The first kappa shape index (κ1) is 7.33. The van der Waals surface area contributed by atoms with Crippen LogP contribution in [0.5, 0.6) is 0 Å². The van der Waals surface area contributed by atoms with Gasteiger partial charge in [0.2, 0.25) is 0 Å². The van der Waals surface area contributed by atoms with Crippen molar-refractivity contribution in [3.63, 3.8) is 0 Å². The lowest BCUT2D eigenvalue weighted by molar-refractivity contribution is -0.125. The minimum atomic E-state index is -4.24. The summed E-state index contributed by atoms with van der Waals surface area (Å²) >= 11 is 0. The van der Waals surface area contributed by atoms with Gasteiger partial charge in [-0.3, -0.25) is 5.11 Å². The Morgan fingerprint density at radius 2 is 1.88 bits per heavy atom. The minimum absolute atomic E-state index is 0.132. The molecule has 0 unspecified atom stereocenters. The average Bonchev–Trinajstić information content (AvgIpc) is 1.59. The zero-order chi connectivity index (χ0) is 6.62. The standard InChI is InChI=1S/C4H4F3O/c5-4(6,7)2-1-3-8/h1,3H,2H2. The van der Waals surface area contributed by atoms with Gasteiger partial charge in [0.25, 0.3) is 0 Å². The van der Waals surface area contributed by atoms with E-state index in [0.29, 0.717) is 6.08 Å². The van der Waals surface area contributed by atoms with Crippen LogP contribution >= 0.6 is 0 Å². The lowest BCUT2D eigenvalue weighted by atomic mass is 10.4. The molecule has 0 rings (SSSR count). The summed E-state index contributed by atoms with van der Waals surface area (Å²) in [5.41, 5.74) is 0. The van der Waals surface area contributed by atoms with Crippen LogP contribution in [-0.2, 0) is 5.11 Å². The summed E-state index contributed by atoms with van der Waals surface area (Å²) in [6.07, 6.45) is -4.70. The molecule has 0 aliphatic carbocycles. The zero-order valence-corrected chi connectivity index (χ0v) is 3.90. The van der Waals surface area contributed by atoms with Gasteiger partial charge in [-0.1, -0.05) is 0 Å². The molecule has 0 spiro atoms. The molecule has 47 valence electrons. The van der Waals surface area contributed by atoms with E-state index < -0.39 is 12.6 Å². The maximum absolute atomic E-state index is 11.1. The molecule has 0 aliphatic heterocycles. The van der Waals surface area contributed by atoms with Crippen molar-refractivity contribution in [2.45, 2.75) is 12.6 Å². The van der Waals surface area contributed by atoms with Crippen molar-refractivity contribution in [3.05, 3.63) is 12.3 Å². The van der Waals surface area contributed by atoms with E-state index in [0.717, 1.165) is 0 Å². The van der Waals surface area contributed by atoms with Crippen LogP contribution in [0, 0.1) is 0 Å². The van der Waals surface area contributed by atoms with Crippen molar-refractivity contribution in [2.75, 3.05) is 0 Å². The first-order chi connectivity index (χ1) is 3.56. The van der Waals surface area contributed by atoms with Crippen LogP contribution in [0.15, 0.2) is 12.3 Å². The van der Waals surface area contributed by atoms with Crippen molar-refractivity contribution >= 4 is 0 Å². The molecular formula is C4H4F3O. The Morgan fingerprint density at radius 1 is 1.38 bits per heavy atom. The number of rotatable bonds is 1. The molecule has 0 amide bonds. The molecule has 0 aromatic heterocycles. The summed E-state index contributed by atoms with van der Waals surface area (Å²) in [7, 11) is 0. The summed E-state index contributed by atoms with van der Waals surface area (Å²) in [5, 5.41) is 9.30. The van der Waals surface area contributed by atoms with Crippen LogP contribution in [0.4, 0.5) is 13.2 Å². The third kappa shape index (κ3) is 5.33. The first-order valence-electron chi connectivity index (χ1n) is 1.90. The van der Waals surface area contributed by atoms with Gasteiger partial charge in [-0.2, -0.15) is 13.2 Å². The van der Waals surface area contributed by atoms with Gasteiger partial charge in [-0.15, -0.1) is 0 Å². The van der Waals surface area contributed by atoms with E-state index >= 15 is 0 Å². The van der Waals surface area contributed by atoms with Gasteiger partial charge in [-0.25, -0.2) is 0 Å². The van der Waals surface area contributed by atoms with Crippen LogP contribution in [0.25, 0.3) is 0 Å². The van der Waals surface area contributed by atoms with Crippen LogP contribution in [-0.4, -0.2) is 6.18 Å². The highest BCUT2D eigenvalue weighted by Crippen LogP contribution is 2.19. The second-order valence-electron chi connectivity index (χ2n) is 1.19. The summed E-state index contributed by atoms with van der Waals surface area (Å²) < 4.78 is 33.2. The van der Waals surface area contributed by atoms with Gasteiger partial charge in [0.1, 0.15) is 6.26 Å². The number of allylic oxidation sites excluding steroid dienone is 1. The second-order valence-corrected chi connectivity index (χ2v) is 1.19. The van der Waals surface area contributed by atoms with Crippen LogP contribution in [0.3, 0.4) is 0 Å². The summed E-state index contributed by atoms with van der Waals surface area (Å²) in [5.74, 6) is 0. The molecule has 0 aromatic rings. The smallest absolute Gasteiger partial charge is 0.299 e. The largest absolute Gasteiger partial charge is 0.392 e. The summed E-state index contributed by atoms with van der Waals surface area (Å²) in [4.78, 5) is 0. The molecule has 0 fully saturated rings. The molecule has 0 saturated carbocycles. The Morgan fingerprint density at radius 3 is 2.00 bits per heavy atom. The molecule has 1 nitrogen and oxygen atoms in total. The molecule has 0 aromatic carbocycles. The predicted octanol–water partition coefficient (Wildman–Crippen LogP) is 1.88. The topological polar surface area (TPSA) is 19.9 Å². The van der Waals surface area contributed by atoms with Crippen LogP contribution in [0.2, 0.25) is 0 Å². The fraction of sp³-hybridized carbons (Fsp3) is 0.500. The van der Waals surface area contributed by atoms with E-state index in [2.05, 4.69) is 0 Å².